The molecular weight excluding hydrogens is 492 g/mol. The van der Waals surface area contributed by atoms with Crippen molar-refractivity contribution in [1.29, 1.82) is 0 Å². The number of allylic oxidation sites excluding steroid dienone is 3. The molecule has 2 saturated heterocycles. The molecule has 3 heterocycles. The second-order valence-electron chi connectivity index (χ2n) is 11.7. The Kier molecular flexibility index (Phi) is 7.61. The van der Waals surface area contributed by atoms with Gasteiger partial charge in [0.1, 0.15) is 18.3 Å². The third-order valence-corrected chi connectivity index (χ3v) is 9.63. The van der Waals surface area contributed by atoms with Crippen LogP contribution in [0.25, 0.3) is 0 Å². The maximum absolute atomic E-state index is 13.1. The number of ether oxygens (including phenoxy) is 6. The van der Waals surface area contributed by atoms with E-state index in [4.69, 9.17) is 28.4 Å². The summed E-state index contributed by atoms with van der Waals surface area (Å²) in [4.78, 5) is 26.1. The van der Waals surface area contributed by atoms with Crippen LogP contribution in [0.1, 0.15) is 46.5 Å². The fraction of sp³-hybridized carbons (Fsp3) is 0.724. The lowest BCUT2D eigenvalue weighted by Crippen LogP contribution is -2.66. The second kappa shape index (κ2) is 10.5. The van der Waals surface area contributed by atoms with E-state index in [-0.39, 0.29) is 30.8 Å². The van der Waals surface area contributed by atoms with Crippen LogP contribution in [0.2, 0.25) is 0 Å². The van der Waals surface area contributed by atoms with Gasteiger partial charge < -0.3 is 33.5 Å². The molecule has 9 atom stereocenters. The molecule has 0 amide bonds. The van der Waals surface area contributed by atoms with E-state index in [0.717, 1.165) is 6.42 Å². The Hall–Kier alpha value is -2.04. The minimum absolute atomic E-state index is 0.0391. The quantitative estimate of drug-likeness (QED) is 0.326. The van der Waals surface area contributed by atoms with Gasteiger partial charge in [-0.15, -0.1) is 0 Å². The van der Waals surface area contributed by atoms with Gasteiger partial charge in [-0.1, -0.05) is 43.7 Å². The first-order chi connectivity index (χ1) is 18.2. The number of methoxy groups -OCH3 is 1. The molecule has 1 saturated carbocycles. The lowest BCUT2D eigenvalue weighted by molar-refractivity contribution is -0.234. The molecular formula is C29H40O9. The van der Waals surface area contributed by atoms with Crippen LogP contribution in [0.5, 0.6) is 0 Å². The Morgan fingerprint density at radius 1 is 1.18 bits per heavy atom. The van der Waals surface area contributed by atoms with Crippen molar-refractivity contribution >= 4 is 11.9 Å². The van der Waals surface area contributed by atoms with Gasteiger partial charge in [-0.2, -0.15) is 0 Å². The minimum atomic E-state index is -1.29. The zero-order chi connectivity index (χ0) is 27.1. The summed E-state index contributed by atoms with van der Waals surface area (Å²) < 4.78 is 35.8. The Balaban J connectivity index is 1.49. The molecule has 5 aliphatic rings. The predicted octanol–water partition coefficient (Wildman–Crippen LogP) is 2.66. The number of hydrogen-bond donors (Lipinski definition) is 1. The highest BCUT2D eigenvalue weighted by Crippen LogP contribution is 2.72. The van der Waals surface area contributed by atoms with Gasteiger partial charge in [-0.25, -0.2) is 9.59 Å². The van der Waals surface area contributed by atoms with Gasteiger partial charge >= 0.3 is 11.9 Å². The van der Waals surface area contributed by atoms with E-state index in [1.165, 1.54) is 11.6 Å². The summed E-state index contributed by atoms with van der Waals surface area (Å²) >= 11 is 0. The first-order valence-corrected chi connectivity index (χ1v) is 13.6. The lowest BCUT2D eigenvalue weighted by atomic mass is 9.51. The van der Waals surface area contributed by atoms with E-state index in [0.29, 0.717) is 39.1 Å². The molecule has 38 heavy (non-hydrogen) atoms. The number of cyclic esters (lactones) is 1. The summed E-state index contributed by atoms with van der Waals surface area (Å²) in [5.41, 5.74) is -0.707. The normalized spacial score (nSPS) is 45.4. The molecule has 9 nitrogen and oxygen atoms in total. The van der Waals surface area contributed by atoms with Crippen LogP contribution in [-0.2, 0) is 38.0 Å². The van der Waals surface area contributed by atoms with Crippen molar-refractivity contribution in [1.82, 2.24) is 0 Å². The first kappa shape index (κ1) is 27.5. The number of aliphatic hydroxyl groups excluding tert-OH is 1. The maximum Gasteiger partial charge on any atom is 0.335 e. The molecule has 0 aromatic heterocycles. The van der Waals surface area contributed by atoms with Crippen LogP contribution >= 0.6 is 0 Å². The number of esters is 2. The van der Waals surface area contributed by atoms with Gasteiger partial charge in [0.05, 0.1) is 36.9 Å². The minimum Gasteiger partial charge on any atom is -0.463 e. The fourth-order valence-electron chi connectivity index (χ4n) is 7.04. The smallest absolute Gasteiger partial charge is 0.335 e. The van der Waals surface area contributed by atoms with E-state index in [1.54, 1.807) is 32.3 Å². The number of aliphatic hydroxyl groups is 1. The molecule has 3 aliphatic heterocycles. The van der Waals surface area contributed by atoms with Crippen LogP contribution in [0.4, 0.5) is 0 Å². The van der Waals surface area contributed by atoms with Crippen molar-refractivity contribution in [2.45, 2.75) is 82.6 Å². The molecule has 1 N–H and O–H groups in total. The molecule has 0 aromatic rings. The number of hydrogen-bond acceptors (Lipinski definition) is 9. The first-order valence-electron chi connectivity index (χ1n) is 13.6. The van der Waals surface area contributed by atoms with E-state index >= 15 is 0 Å². The highest BCUT2D eigenvalue weighted by Gasteiger charge is 2.83. The molecule has 2 bridgehead atoms. The summed E-state index contributed by atoms with van der Waals surface area (Å²) in [5, 5.41) is 10.8. The Labute approximate surface area is 224 Å². The van der Waals surface area contributed by atoms with Crippen LogP contribution in [0.3, 0.4) is 0 Å². The Morgan fingerprint density at radius 2 is 1.97 bits per heavy atom. The Bertz CT molecular complexity index is 1010. The van der Waals surface area contributed by atoms with Crippen LogP contribution in [-0.4, -0.2) is 86.7 Å². The van der Waals surface area contributed by atoms with Crippen LogP contribution in [0, 0.1) is 16.7 Å². The molecule has 3 fully saturated rings. The van der Waals surface area contributed by atoms with E-state index < -0.39 is 40.6 Å². The summed E-state index contributed by atoms with van der Waals surface area (Å²) in [6.45, 7) is 7.18. The SMILES string of the molecule is COCC1C=CC=CC(=O)O[C@@H]2C[C@H]3OC4C=C(C)CCC4(COC(=O)[C@H](O)C(C)CCO1)[C@]2(C)C31CO1. The van der Waals surface area contributed by atoms with Crippen molar-refractivity contribution in [3.05, 3.63) is 36.0 Å². The monoisotopic (exact) mass is 532 g/mol. The van der Waals surface area contributed by atoms with E-state index in [9.17, 15) is 14.7 Å². The average Bonchev–Trinajstić information content (AvgIpc) is 3.67. The highest BCUT2D eigenvalue weighted by atomic mass is 16.6. The molecule has 9 heteroatoms. The Morgan fingerprint density at radius 3 is 2.71 bits per heavy atom. The molecule has 2 spiro atoms. The molecule has 210 valence electrons. The third-order valence-electron chi connectivity index (χ3n) is 9.63. The number of carbonyl (C=O) groups is 2. The van der Waals surface area contributed by atoms with Gasteiger partial charge in [0.15, 0.2) is 6.10 Å². The largest absolute Gasteiger partial charge is 0.463 e. The summed E-state index contributed by atoms with van der Waals surface area (Å²) in [5.74, 6) is -1.49. The van der Waals surface area contributed by atoms with Crippen LogP contribution < -0.4 is 0 Å². The summed E-state index contributed by atoms with van der Waals surface area (Å²) in [6, 6.07) is 0. The van der Waals surface area contributed by atoms with Gasteiger partial charge in [-0.3, -0.25) is 0 Å². The van der Waals surface area contributed by atoms with Crippen molar-refractivity contribution in [3.63, 3.8) is 0 Å². The molecule has 2 aliphatic carbocycles. The summed E-state index contributed by atoms with van der Waals surface area (Å²) in [6.07, 6.45) is 8.50. The predicted molar refractivity (Wildman–Crippen MR) is 136 cm³/mol. The van der Waals surface area contributed by atoms with Crippen LogP contribution in [0.15, 0.2) is 36.0 Å². The van der Waals surface area contributed by atoms with E-state index in [2.05, 4.69) is 19.9 Å². The second-order valence-corrected chi connectivity index (χ2v) is 11.7. The van der Waals surface area contributed by atoms with Crippen molar-refractivity contribution in [2.24, 2.45) is 16.7 Å². The van der Waals surface area contributed by atoms with Crippen molar-refractivity contribution in [3.8, 4) is 0 Å². The average molecular weight is 533 g/mol. The van der Waals surface area contributed by atoms with E-state index in [1.807, 2.05) is 0 Å². The zero-order valence-electron chi connectivity index (χ0n) is 22.7. The molecule has 0 radical (unpaired) electrons. The lowest BCUT2D eigenvalue weighted by Gasteiger charge is -2.58. The fourth-order valence-corrected chi connectivity index (χ4v) is 7.04. The number of carbonyl (C=O) groups excluding carboxylic acids is 2. The van der Waals surface area contributed by atoms with Gasteiger partial charge in [0.2, 0.25) is 0 Å². The number of rotatable bonds is 2. The van der Waals surface area contributed by atoms with Gasteiger partial charge in [0, 0.05) is 31.6 Å². The topological polar surface area (TPSA) is 113 Å². The zero-order valence-corrected chi connectivity index (χ0v) is 22.7. The van der Waals surface area contributed by atoms with Gasteiger partial charge in [0.25, 0.3) is 0 Å². The maximum atomic E-state index is 13.1. The standard InChI is InChI=1S/C29H40O9/c1-18-9-11-28-16-35-26(32)25(31)19(2)10-12-34-20(15-33-4)7-5-6-8-24(30)38-21-14-23(37-22(28)13-18)29(17-36-29)27(21,28)3/h5-8,13,19-23,25,31H,9-12,14-17H2,1-4H3/t19?,20?,21-,22?,23-,25-,27-,28?,29?/m1/s1. The summed E-state index contributed by atoms with van der Waals surface area (Å²) in [7, 11) is 1.58. The molecule has 5 unspecified atom stereocenters. The number of epoxide rings is 1. The van der Waals surface area contributed by atoms with Crippen molar-refractivity contribution in [2.75, 3.05) is 33.5 Å². The molecule has 0 aromatic carbocycles. The van der Waals surface area contributed by atoms with Crippen molar-refractivity contribution < 1.29 is 43.1 Å². The highest BCUT2D eigenvalue weighted by molar-refractivity contribution is 5.82. The molecule has 5 rings (SSSR count). The van der Waals surface area contributed by atoms with Gasteiger partial charge in [-0.05, 0) is 32.1 Å². The third kappa shape index (κ3) is 4.46.